The third kappa shape index (κ3) is 2.56. The predicted molar refractivity (Wildman–Crippen MR) is 48.6 cm³/mol. The van der Waals surface area contributed by atoms with Gasteiger partial charge in [-0.3, -0.25) is 5.41 Å². The van der Waals surface area contributed by atoms with Crippen molar-refractivity contribution in [3.8, 4) is 0 Å². The summed E-state index contributed by atoms with van der Waals surface area (Å²) in [6.07, 6.45) is 0.240. The molecule has 0 fully saturated rings. The summed E-state index contributed by atoms with van der Waals surface area (Å²) >= 11 is -2.13. The van der Waals surface area contributed by atoms with Crippen molar-refractivity contribution in [1.29, 1.82) is 5.41 Å². The highest BCUT2D eigenvalue weighted by molar-refractivity contribution is 7.95. The van der Waals surface area contributed by atoms with Crippen LogP contribution in [0.4, 0.5) is 0 Å². The van der Waals surface area contributed by atoms with Gasteiger partial charge in [-0.2, -0.15) is 0 Å². The van der Waals surface area contributed by atoms with Crippen molar-refractivity contribution in [3.05, 3.63) is 35.9 Å². The third-order valence-electron chi connectivity index (χ3n) is 1.42. The van der Waals surface area contributed by atoms with Crippen molar-refractivity contribution in [1.82, 2.24) is 0 Å². The Morgan fingerprint density at radius 2 is 2.00 bits per heavy atom. The van der Waals surface area contributed by atoms with E-state index in [9.17, 15) is 4.21 Å². The Hall–Kier alpha value is -1.00. The van der Waals surface area contributed by atoms with Gasteiger partial charge in [-0.05, 0) is 5.56 Å². The highest BCUT2D eigenvalue weighted by Gasteiger charge is 2.03. The smallest absolute Gasteiger partial charge is 0.200 e. The fourth-order valence-electron chi connectivity index (χ4n) is 0.843. The molecule has 3 nitrogen and oxygen atoms in total. The topological polar surface area (TPSA) is 61.2 Å². The summed E-state index contributed by atoms with van der Waals surface area (Å²) in [4.78, 5) is 0. The largest absolute Gasteiger partial charge is 0.301 e. The normalized spacial score (nSPS) is 12.4. The van der Waals surface area contributed by atoms with E-state index in [-0.39, 0.29) is 11.5 Å². The van der Waals surface area contributed by atoms with Crippen LogP contribution in [0, 0.1) is 5.41 Å². The Morgan fingerprint density at radius 3 is 2.50 bits per heavy atom. The van der Waals surface area contributed by atoms with Crippen molar-refractivity contribution in [3.63, 3.8) is 0 Å². The van der Waals surface area contributed by atoms with E-state index >= 15 is 0 Å². The van der Waals surface area contributed by atoms with Gasteiger partial charge in [0, 0.05) is 6.42 Å². The Bertz CT molecular complexity index is 297. The SMILES string of the molecule is N=C(Cc1ccccc1)S(=O)O. The summed E-state index contributed by atoms with van der Waals surface area (Å²) < 4.78 is 18.9. The lowest BCUT2D eigenvalue weighted by Gasteiger charge is -1.98. The monoisotopic (exact) mass is 183 g/mol. The molecular weight excluding hydrogens is 174 g/mol. The molecule has 1 rings (SSSR count). The Morgan fingerprint density at radius 1 is 1.42 bits per heavy atom. The van der Waals surface area contributed by atoms with Crippen LogP contribution in [0.5, 0.6) is 0 Å². The minimum Gasteiger partial charge on any atom is -0.301 e. The summed E-state index contributed by atoms with van der Waals surface area (Å²) in [5.74, 6) is 0. The zero-order chi connectivity index (χ0) is 8.97. The van der Waals surface area contributed by atoms with Crippen LogP contribution in [0.3, 0.4) is 0 Å². The molecule has 0 aliphatic rings. The summed E-state index contributed by atoms with van der Waals surface area (Å²) in [5.41, 5.74) is 0.880. The minimum absolute atomic E-state index is 0.166. The number of benzene rings is 1. The van der Waals surface area contributed by atoms with Crippen molar-refractivity contribution in [2.24, 2.45) is 0 Å². The molecule has 12 heavy (non-hydrogen) atoms. The number of hydrogen-bond donors (Lipinski definition) is 2. The van der Waals surface area contributed by atoms with Crippen LogP contribution in [-0.4, -0.2) is 13.8 Å². The zero-order valence-electron chi connectivity index (χ0n) is 6.36. The quantitative estimate of drug-likeness (QED) is 0.414. The van der Waals surface area contributed by atoms with Crippen LogP contribution in [0.2, 0.25) is 0 Å². The van der Waals surface area contributed by atoms with E-state index in [0.29, 0.717) is 0 Å². The molecule has 0 spiro atoms. The Balaban J connectivity index is 2.65. The second-order valence-corrected chi connectivity index (χ2v) is 3.33. The lowest BCUT2D eigenvalue weighted by Crippen LogP contribution is -2.07. The van der Waals surface area contributed by atoms with Gasteiger partial charge in [0.25, 0.3) is 0 Å². The molecule has 1 aromatic rings. The molecule has 1 unspecified atom stereocenters. The van der Waals surface area contributed by atoms with Crippen molar-refractivity contribution in [2.45, 2.75) is 6.42 Å². The molecule has 0 saturated heterocycles. The molecular formula is C8H9NO2S. The van der Waals surface area contributed by atoms with E-state index in [2.05, 4.69) is 0 Å². The zero-order valence-corrected chi connectivity index (χ0v) is 7.17. The molecule has 0 bridgehead atoms. The first kappa shape index (κ1) is 9.09. The maximum absolute atomic E-state index is 10.4. The van der Waals surface area contributed by atoms with Crippen LogP contribution in [0.15, 0.2) is 30.3 Å². The number of nitrogens with one attached hydrogen (secondary N) is 1. The summed E-state index contributed by atoms with van der Waals surface area (Å²) in [6.45, 7) is 0. The first-order chi connectivity index (χ1) is 5.70. The summed E-state index contributed by atoms with van der Waals surface area (Å²) in [6, 6.07) is 9.18. The van der Waals surface area contributed by atoms with E-state index in [1.807, 2.05) is 30.3 Å². The van der Waals surface area contributed by atoms with E-state index in [1.54, 1.807) is 0 Å². The molecule has 0 amide bonds. The van der Waals surface area contributed by atoms with E-state index < -0.39 is 11.1 Å². The standard InChI is InChI=1S/C8H9NO2S/c9-8(12(10)11)6-7-4-2-1-3-5-7/h1-5,9H,6H2,(H,10,11). The molecule has 1 aromatic carbocycles. The third-order valence-corrected chi connectivity index (χ3v) is 1.98. The molecule has 0 aliphatic carbocycles. The second-order valence-electron chi connectivity index (χ2n) is 2.33. The Kier molecular flexibility index (Phi) is 3.13. The van der Waals surface area contributed by atoms with Crippen molar-refractivity contribution < 1.29 is 8.76 Å². The van der Waals surface area contributed by atoms with Crippen LogP contribution < -0.4 is 0 Å². The highest BCUT2D eigenvalue weighted by Crippen LogP contribution is 2.01. The second kappa shape index (κ2) is 4.13. The van der Waals surface area contributed by atoms with E-state index in [0.717, 1.165) is 5.56 Å². The van der Waals surface area contributed by atoms with Gasteiger partial charge in [0.1, 0.15) is 5.04 Å². The average Bonchev–Trinajstić information content (AvgIpc) is 2.06. The Labute approximate surface area is 73.2 Å². The molecule has 0 aromatic heterocycles. The maximum Gasteiger partial charge on any atom is 0.200 e. The summed E-state index contributed by atoms with van der Waals surface area (Å²) in [5, 5.41) is 6.97. The van der Waals surface area contributed by atoms with Crippen LogP contribution in [0.1, 0.15) is 5.56 Å². The molecule has 2 N–H and O–H groups in total. The summed E-state index contributed by atoms with van der Waals surface area (Å²) in [7, 11) is 0. The van der Waals surface area contributed by atoms with E-state index in [4.69, 9.17) is 9.96 Å². The molecule has 0 aliphatic heterocycles. The van der Waals surface area contributed by atoms with Crippen LogP contribution in [0.25, 0.3) is 0 Å². The van der Waals surface area contributed by atoms with Gasteiger partial charge in [-0.1, -0.05) is 30.3 Å². The van der Waals surface area contributed by atoms with Crippen molar-refractivity contribution in [2.75, 3.05) is 0 Å². The van der Waals surface area contributed by atoms with Gasteiger partial charge in [-0.15, -0.1) is 0 Å². The molecule has 4 heteroatoms. The molecule has 1 atom stereocenters. The van der Waals surface area contributed by atoms with Crippen LogP contribution >= 0.6 is 0 Å². The van der Waals surface area contributed by atoms with Gasteiger partial charge in [0.05, 0.1) is 0 Å². The van der Waals surface area contributed by atoms with Crippen LogP contribution in [-0.2, 0) is 17.5 Å². The maximum atomic E-state index is 10.4. The van der Waals surface area contributed by atoms with Gasteiger partial charge < -0.3 is 4.55 Å². The van der Waals surface area contributed by atoms with Gasteiger partial charge in [0.15, 0.2) is 0 Å². The first-order valence-electron chi connectivity index (χ1n) is 3.42. The number of hydrogen-bond acceptors (Lipinski definition) is 2. The molecule has 0 heterocycles. The predicted octanol–water partition coefficient (Wildman–Crippen LogP) is 1.43. The molecule has 0 radical (unpaired) electrons. The first-order valence-corrected chi connectivity index (χ1v) is 4.53. The molecule has 64 valence electrons. The lowest BCUT2D eigenvalue weighted by atomic mass is 10.2. The lowest BCUT2D eigenvalue weighted by molar-refractivity contribution is 0.576. The highest BCUT2D eigenvalue weighted by atomic mass is 32.2. The van der Waals surface area contributed by atoms with Gasteiger partial charge >= 0.3 is 0 Å². The number of rotatable bonds is 2. The fourth-order valence-corrected chi connectivity index (χ4v) is 1.13. The van der Waals surface area contributed by atoms with E-state index in [1.165, 1.54) is 0 Å². The van der Waals surface area contributed by atoms with Gasteiger partial charge in [0.2, 0.25) is 11.1 Å². The molecule has 0 saturated carbocycles. The van der Waals surface area contributed by atoms with Crippen molar-refractivity contribution >= 4 is 16.1 Å². The average molecular weight is 183 g/mol. The van der Waals surface area contributed by atoms with Gasteiger partial charge in [-0.25, -0.2) is 4.21 Å². The minimum atomic E-state index is -2.13. The fraction of sp³-hybridized carbons (Fsp3) is 0.125.